The van der Waals surface area contributed by atoms with Crippen LogP contribution in [-0.2, 0) is 0 Å². The summed E-state index contributed by atoms with van der Waals surface area (Å²) in [7, 11) is 1.59. The van der Waals surface area contributed by atoms with E-state index in [2.05, 4.69) is 20.8 Å². The van der Waals surface area contributed by atoms with Crippen LogP contribution < -0.4 is 15.4 Å². The van der Waals surface area contributed by atoms with E-state index in [1.54, 1.807) is 42.3 Å². The number of urea groups is 1. The molecule has 2 heterocycles. The number of nitrogens with one attached hydrogen (secondary N) is 2. The van der Waals surface area contributed by atoms with Crippen molar-refractivity contribution in [1.82, 2.24) is 15.1 Å². The third-order valence-electron chi connectivity index (χ3n) is 5.46. The van der Waals surface area contributed by atoms with Gasteiger partial charge in [-0.1, -0.05) is 29.0 Å². The largest absolute Gasteiger partial charge is 0.497 e. The van der Waals surface area contributed by atoms with Gasteiger partial charge in [-0.2, -0.15) is 0 Å². The molecule has 0 saturated carbocycles. The van der Waals surface area contributed by atoms with Crippen molar-refractivity contribution in [2.45, 2.75) is 25.7 Å². The van der Waals surface area contributed by atoms with Crippen molar-refractivity contribution in [2.75, 3.05) is 30.8 Å². The van der Waals surface area contributed by atoms with Crippen LogP contribution in [0.3, 0.4) is 0 Å². The molecule has 1 aliphatic rings. The van der Waals surface area contributed by atoms with Crippen molar-refractivity contribution >= 4 is 46.3 Å². The van der Waals surface area contributed by atoms with E-state index in [0.29, 0.717) is 35.2 Å². The zero-order valence-electron chi connectivity index (χ0n) is 18.3. The molecule has 1 aliphatic heterocycles. The first kappa shape index (κ1) is 23.0. The lowest BCUT2D eigenvalue weighted by atomic mass is 9.99. The van der Waals surface area contributed by atoms with E-state index in [1.165, 1.54) is 11.3 Å². The summed E-state index contributed by atoms with van der Waals surface area (Å²) in [5.41, 5.74) is 2.26. The molecule has 1 saturated heterocycles. The van der Waals surface area contributed by atoms with E-state index >= 15 is 0 Å². The highest BCUT2D eigenvalue weighted by atomic mass is 35.5. The van der Waals surface area contributed by atoms with E-state index < -0.39 is 0 Å². The van der Waals surface area contributed by atoms with Gasteiger partial charge in [0, 0.05) is 35.4 Å². The molecule has 3 aromatic rings. The van der Waals surface area contributed by atoms with Crippen molar-refractivity contribution in [3.63, 3.8) is 0 Å². The molecule has 2 aromatic carbocycles. The Morgan fingerprint density at radius 1 is 1.12 bits per heavy atom. The van der Waals surface area contributed by atoms with Crippen molar-refractivity contribution in [1.29, 1.82) is 0 Å². The maximum atomic E-state index is 12.8. The van der Waals surface area contributed by atoms with Crippen molar-refractivity contribution in [2.24, 2.45) is 0 Å². The van der Waals surface area contributed by atoms with Crippen molar-refractivity contribution in [3.8, 4) is 5.75 Å². The molecule has 1 atom stereocenters. The van der Waals surface area contributed by atoms with Crippen molar-refractivity contribution < 1.29 is 14.3 Å². The molecular formula is C23H24ClN5O3S. The average Bonchev–Trinajstić information content (AvgIpc) is 3.33. The average molecular weight is 486 g/mol. The fraction of sp³-hybridized carbons (Fsp3) is 0.304. The predicted molar refractivity (Wildman–Crippen MR) is 130 cm³/mol. The minimum Gasteiger partial charge on any atom is -0.497 e. The van der Waals surface area contributed by atoms with Gasteiger partial charge in [0.2, 0.25) is 5.01 Å². The summed E-state index contributed by atoms with van der Waals surface area (Å²) in [6, 6.07) is 12.3. The Kier molecular flexibility index (Phi) is 7.10. The fourth-order valence-corrected chi connectivity index (χ4v) is 4.63. The highest BCUT2D eigenvalue weighted by Gasteiger charge is 2.28. The lowest BCUT2D eigenvalue weighted by molar-refractivity contribution is 0.102. The van der Waals surface area contributed by atoms with Gasteiger partial charge in [-0.15, -0.1) is 10.2 Å². The summed E-state index contributed by atoms with van der Waals surface area (Å²) in [5, 5.41) is 15.7. The maximum Gasteiger partial charge on any atom is 0.321 e. The van der Waals surface area contributed by atoms with Crippen LogP contribution in [0.2, 0.25) is 5.02 Å². The van der Waals surface area contributed by atoms with Gasteiger partial charge in [0.1, 0.15) is 10.8 Å². The number of likely N-dealkylation sites (tertiary alicyclic amines) is 1. The van der Waals surface area contributed by atoms with Crippen LogP contribution in [0.25, 0.3) is 0 Å². The number of hydrogen-bond acceptors (Lipinski definition) is 6. The topological polar surface area (TPSA) is 96.4 Å². The second-order valence-electron chi connectivity index (χ2n) is 7.81. The normalized spacial score (nSPS) is 15.7. The maximum absolute atomic E-state index is 12.8. The number of hydrogen-bond donors (Lipinski definition) is 2. The third-order valence-corrected chi connectivity index (χ3v) is 6.96. The summed E-state index contributed by atoms with van der Waals surface area (Å²) in [4.78, 5) is 27.1. The minimum absolute atomic E-state index is 0.0335. The number of halogens is 1. The van der Waals surface area contributed by atoms with Gasteiger partial charge in [-0.25, -0.2) is 4.79 Å². The molecule has 1 fully saturated rings. The standard InChI is InChI=1S/C23H24ClN5O3S/c1-14-5-6-17(12-19(14)24)26-23(31)29-11-3-4-15(13-29)21-27-28-22(33-21)20(30)25-16-7-9-18(32-2)10-8-16/h5-10,12,15H,3-4,11,13H2,1-2H3,(H,25,30)(H,26,31)/t15-/m1/s1. The number of anilines is 2. The second kappa shape index (κ2) is 10.2. The zero-order chi connectivity index (χ0) is 23.4. The number of piperidine rings is 1. The number of amides is 3. The van der Waals surface area contributed by atoms with Crippen LogP contribution in [0.5, 0.6) is 5.75 Å². The third kappa shape index (κ3) is 5.61. The summed E-state index contributed by atoms with van der Waals surface area (Å²) in [6.07, 6.45) is 1.73. The molecule has 4 rings (SSSR count). The quantitative estimate of drug-likeness (QED) is 0.519. The molecule has 0 aliphatic carbocycles. The molecule has 3 amide bonds. The first-order valence-electron chi connectivity index (χ1n) is 10.5. The van der Waals surface area contributed by atoms with Crippen LogP contribution in [0.4, 0.5) is 16.2 Å². The molecule has 10 heteroatoms. The van der Waals surface area contributed by atoms with Gasteiger partial charge in [0.05, 0.1) is 7.11 Å². The molecule has 0 bridgehead atoms. The number of aromatic nitrogens is 2. The Labute approximate surface area is 200 Å². The Balaban J connectivity index is 1.37. The van der Waals surface area contributed by atoms with Gasteiger partial charge in [0.15, 0.2) is 0 Å². The molecule has 33 heavy (non-hydrogen) atoms. The van der Waals surface area contributed by atoms with Crippen LogP contribution in [0.1, 0.15) is 39.1 Å². The lowest BCUT2D eigenvalue weighted by Crippen LogP contribution is -2.41. The van der Waals surface area contributed by atoms with Crippen LogP contribution in [0, 0.1) is 6.92 Å². The predicted octanol–water partition coefficient (Wildman–Crippen LogP) is 5.17. The van der Waals surface area contributed by atoms with E-state index in [9.17, 15) is 9.59 Å². The Morgan fingerprint density at radius 2 is 1.88 bits per heavy atom. The van der Waals surface area contributed by atoms with Gasteiger partial charge in [0.25, 0.3) is 5.91 Å². The second-order valence-corrected chi connectivity index (χ2v) is 9.22. The number of carbonyl (C=O) groups excluding carboxylic acids is 2. The Morgan fingerprint density at radius 3 is 2.61 bits per heavy atom. The number of methoxy groups -OCH3 is 1. The van der Waals surface area contributed by atoms with Crippen LogP contribution in [-0.4, -0.2) is 47.2 Å². The summed E-state index contributed by atoms with van der Waals surface area (Å²) < 4.78 is 5.13. The Hall–Kier alpha value is -3.17. The van der Waals surface area contributed by atoms with Crippen LogP contribution in [0.15, 0.2) is 42.5 Å². The van der Waals surface area contributed by atoms with E-state index in [4.69, 9.17) is 16.3 Å². The summed E-state index contributed by atoms with van der Waals surface area (Å²) in [5.74, 6) is 0.430. The lowest BCUT2D eigenvalue weighted by Gasteiger charge is -2.31. The van der Waals surface area contributed by atoms with Crippen molar-refractivity contribution in [3.05, 3.63) is 63.1 Å². The first-order chi connectivity index (χ1) is 15.9. The van der Waals surface area contributed by atoms with E-state index in [1.807, 2.05) is 19.1 Å². The zero-order valence-corrected chi connectivity index (χ0v) is 19.9. The molecular weight excluding hydrogens is 462 g/mol. The van der Waals surface area contributed by atoms with Gasteiger partial charge < -0.3 is 20.3 Å². The summed E-state index contributed by atoms with van der Waals surface area (Å²) in [6.45, 7) is 3.09. The number of nitrogens with zero attached hydrogens (tertiary/aromatic N) is 3. The molecule has 2 N–H and O–H groups in total. The Bertz CT molecular complexity index is 1150. The summed E-state index contributed by atoms with van der Waals surface area (Å²) >= 11 is 7.42. The number of rotatable bonds is 5. The van der Waals surface area contributed by atoms with E-state index in [0.717, 1.165) is 23.4 Å². The molecule has 8 nitrogen and oxygen atoms in total. The molecule has 0 unspecified atom stereocenters. The number of aryl methyl sites for hydroxylation is 1. The fourth-order valence-electron chi connectivity index (χ4n) is 3.59. The molecule has 1 aromatic heterocycles. The van der Waals surface area contributed by atoms with Gasteiger partial charge in [-0.3, -0.25) is 4.79 Å². The van der Waals surface area contributed by atoms with E-state index in [-0.39, 0.29) is 22.9 Å². The highest BCUT2D eigenvalue weighted by Crippen LogP contribution is 2.30. The number of ether oxygens (including phenoxy) is 1. The van der Waals surface area contributed by atoms with Gasteiger partial charge >= 0.3 is 6.03 Å². The highest BCUT2D eigenvalue weighted by molar-refractivity contribution is 7.13. The van der Waals surface area contributed by atoms with Gasteiger partial charge in [-0.05, 0) is 61.7 Å². The molecule has 172 valence electrons. The molecule has 0 spiro atoms. The first-order valence-corrected chi connectivity index (χ1v) is 11.7. The number of carbonyl (C=O) groups is 2. The number of benzene rings is 2. The SMILES string of the molecule is COc1ccc(NC(=O)c2nnc([C@@H]3CCCN(C(=O)Nc4ccc(C)c(Cl)c4)C3)s2)cc1. The monoisotopic (exact) mass is 485 g/mol. The smallest absolute Gasteiger partial charge is 0.321 e. The minimum atomic E-state index is -0.314. The molecule has 0 radical (unpaired) electrons. The van der Waals surface area contributed by atoms with Crippen LogP contribution >= 0.6 is 22.9 Å².